The molecule has 0 bridgehead atoms. The molecular formula is C22H47NO8. The van der Waals surface area contributed by atoms with Gasteiger partial charge in [0.25, 0.3) is 0 Å². The molecule has 0 spiro atoms. The summed E-state index contributed by atoms with van der Waals surface area (Å²) >= 11 is 0. The molecule has 0 aliphatic heterocycles. The lowest BCUT2D eigenvalue weighted by Crippen LogP contribution is -2.17. The summed E-state index contributed by atoms with van der Waals surface area (Å²) in [4.78, 5) is 0. The average molecular weight is 454 g/mol. The first-order valence-electron chi connectivity index (χ1n) is 11.7. The van der Waals surface area contributed by atoms with Crippen LogP contribution in [0, 0.1) is 0 Å². The lowest BCUT2D eigenvalue weighted by Gasteiger charge is -2.08. The Morgan fingerprint density at radius 3 is 0.968 bits per heavy atom. The fourth-order valence-electron chi connectivity index (χ4n) is 2.27. The molecule has 0 aromatic heterocycles. The molecule has 0 rings (SSSR count). The highest BCUT2D eigenvalue weighted by Crippen LogP contribution is 1.93. The molecule has 0 saturated carbocycles. The van der Waals surface area contributed by atoms with E-state index >= 15 is 0 Å². The second-order valence-electron chi connectivity index (χ2n) is 6.71. The number of likely N-dealkylation sites (N-methyl/N-ethyl adjacent to an activating group) is 1. The van der Waals surface area contributed by atoms with Crippen molar-refractivity contribution >= 4 is 0 Å². The Labute approximate surface area is 189 Å². The summed E-state index contributed by atoms with van der Waals surface area (Å²) in [6, 6.07) is 0. The SMILES string of the molecule is CCCCCOCCOCCOCCOCCOCCOCCOCCOCCNC. The maximum absolute atomic E-state index is 5.47. The molecule has 0 saturated heterocycles. The lowest BCUT2D eigenvalue weighted by atomic mass is 10.3. The molecule has 0 fully saturated rings. The second-order valence-corrected chi connectivity index (χ2v) is 6.71. The van der Waals surface area contributed by atoms with Crippen LogP contribution in [0.3, 0.4) is 0 Å². The third kappa shape index (κ3) is 29.6. The minimum absolute atomic E-state index is 0.547. The van der Waals surface area contributed by atoms with E-state index in [0.717, 1.165) is 19.6 Å². The first-order chi connectivity index (χ1) is 15.4. The van der Waals surface area contributed by atoms with Gasteiger partial charge in [0.2, 0.25) is 0 Å². The van der Waals surface area contributed by atoms with Gasteiger partial charge < -0.3 is 43.2 Å². The normalized spacial score (nSPS) is 11.4. The molecule has 31 heavy (non-hydrogen) atoms. The second kappa shape index (κ2) is 29.6. The van der Waals surface area contributed by atoms with Crippen LogP contribution >= 0.6 is 0 Å². The van der Waals surface area contributed by atoms with Gasteiger partial charge in [-0.1, -0.05) is 19.8 Å². The van der Waals surface area contributed by atoms with Gasteiger partial charge in [-0.25, -0.2) is 0 Å². The summed E-state index contributed by atoms with van der Waals surface area (Å²) in [6.45, 7) is 12.6. The van der Waals surface area contributed by atoms with E-state index in [9.17, 15) is 0 Å². The van der Waals surface area contributed by atoms with Crippen molar-refractivity contribution in [2.24, 2.45) is 0 Å². The number of hydrogen-bond donors (Lipinski definition) is 1. The Morgan fingerprint density at radius 1 is 0.387 bits per heavy atom. The summed E-state index contributed by atoms with van der Waals surface area (Å²) in [7, 11) is 1.90. The van der Waals surface area contributed by atoms with Crippen molar-refractivity contribution < 1.29 is 37.9 Å². The van der Waals surface area contributed by atoms with Gasteiger partial charge in [-0.3, -0.25) is 0 Å². The Hall–Kier alpha value is -0.360. The number of nitrogens with one attached hydrogen (secondary N) is 1. The Morgan fingerprint density at radius 2 is 0.677 bits per heavy atom. The highest BCUT2D eigenvalue weighted by molar-refractivity contribution is 4.39. The summed E-state index contributed by atoms with van der Waals surface area (Å²) in [5.74, 6) is 0. The first-order valence-corrected chi connectivity index (χ1v) is 11.7. The Kier molecular flexibility index (Phi) is 29.3. The molecule has 0 radical (unpaired) electrons. The van der Waals surface area contributed by atoms with Crippen molar-refractivity contribution in [1.29, 1.82) is 0 Å². The van der Waals surface area contributed by atoms with Crippen LogP contribution < -0.4 is 5.32 Å². The smallest absolute Gasteiger partial charge is 0.0701 e. The minimum atomic E-state index is 0.547. The molecule has 0 aliphatic rings. The van der Waals surface area contributed by atoms with Crippen molar-refractivity contribution in [2.45, 2.75) is 26.2 Å². The largest absolute Gasteiger partial charge is 0.379 e. The van der Waals surface area contributed by atoms with E-state index in [0.29, 0.717) is 99.1 Å². The van der Waals surface area contributed by atoms with Crippen LogP contribution in [0.2, 0.25) is 0 Å². The number of unbranched alkanes of at least 4 members (excludes halogenated alkanes) is 2. The molecule has 0 aliphatic carbocycles. The molecular weight excluding hydrogens is 406 g/mol. The molecule has 0 heterocycles. The van der Waals surface area contributed by atoms with Crippen molar-refractivity contribution in [3.63, 3.8) is 0 Å². The fraction of sp³-hybridized carbons (Fsp3) is 1.00. The van der Waals surface area contributed by atoms with Crippen LogP contribution in [-0.4, -0.2) is 119 Å². The summed E-state index contributed by atoms with van der Waals surface area (Å²) < 4.78 is 43.4. The highest BCUT2D eigenvalue weighted by Gasteiger charge is 1.95. The number of ether oxygens (including phenoxy) is 8. The third-order valence-corrected chi connectivity index (χ3v) is 3.99. The quantitative estimate of drug-likeness (QED) is 0.177. The first kappa shape index (κ1) is 30.6. The predicted molar refractivity (Wildman–Crippen MR) is 120 cm³/mol. The van der Waals surface area contributed by atoms with Crippen LogP contribution in [0.5, 0.6) is 0 Å². The molecule has 0 aromatic rings. The van der Waals surface area contributed by atoms with Crippen LogP contribution in [0.1, 0.15) is 26.2 Å². The molecule has 1 N–H and O–H groups in total. The van der Waals surface area contributed by atoms with Crippen molar-refractivity contribution in [3.05, 3.63) is 0 Å². The zero-order valence-corrected chi connectivity index (χ0v) is 19.9. The topological polar surface area (TPSA) is 85.9 Å². The third-order valence-electron chi connectivity index (χ3n) is 3.99. The molecule has 9 nitrogen and oxygen atoms in total. The van der Waals surface area contributed by atoms with E-state index in [1.807, 2.05) is 7.05 Å². The van der Waals surface area contributed by atoms with Crippen LogP contribution in [0.25, 0.3) is 0 Å². The maximum Gasteiger partial charge on any atom is 0.0701 e. The number of rotatable bonds is 28. The van der Waals surface area contributed by atoms with Crippen molar-refractivity contribution in [1.82, 2.24) is 5.32 Å². The van der Waals surface area contributed by atoms with E-state index in [1.165, 1.54) is 12.8 Å². The van der Waals surface area contributed by atoms with Gasteiger partial charge in [-0.15, -0.1) is 0 Å². The van der Waals surface area contributed by atoms with Crippen LogP contribution in [0.15, 0.2) is 0 Å². The van der Waals surface area contributed by atoms with E-state index in [2.05, 4.69) is 12.2 Å². The molecule has 0 unspecified atom stereocenters. The summed E-state index contributed by atoms with van der Waals surface area (Å²) in [5, 5.41) is 3.02. The van der Waals surface area contributed by atoms with Crippen LogP contribution in [0.4, 0.5) is 0 Å². The summed E-state index contributed by atoms with van der Waals surface area (Å²) in [6.07, 6.45) is 3.57. The van der Waals surface area contributed by atoms with E-state index in [1.54, 1.807) is 0 Å². The van der Waals surface area contributed by atoms with Crippen LogP contribution in [-0.2, 0) is 37.9 Å². The Bertz CT molecular complexity index is 285. The highest BCUT2D eigenvalue weighted by atomic mass is 16.6. The monoisotopic (exact) mass is 453 g/mol. The van der Waals surface area contributed by atoms with Gasteiger partial charge in [0.15, 0.2) is 0 Å². The summed E-state index contributed by atoms with van der Waals surface area (Å²) in [5.41, 5.74) is 0. The van der Waals surface area contributed by atoms with Gasteiger partial charge in [-0.05, 0) is 13.5 Å². The van der Waals surface area contributed by atoms with E-state index in [4.69, 9.17) is 37.9 Å². The molecule has 0 amide bonds. The Balaban J connectivity index is 2.98. The zero-order valence-electron chi connectivity index (χ0n) is 19.9. The standard InChI is InChI=1S/C22H47NO8/c1-3-4-5-7-24-9-11-26-13-15-28-17-19-30-21-22-31-20-18-29-16-14-27-12-10-25-8-6-23-2/h23H,3-22H2,1-2H3. The lowest BCUT2D eigenvalue weighted by molar-refractivity contribution is -0.0230. The molecule has 188 valence electrons. The minimum Gasteiger partial charge on any atom is -0.379 e. The average Bonchev–Trinajstić information content (AvgIpc) is 2.78. The molecule has 0 atom stereocenters. The van der Waals surface area contributed by atoms with Gasteiger partial charge in [0, 0.05) is 13.2 Å². The maximum atomic E-state index is 5.47. The van der Waals surface area contributed by atoms with E-state index < -0.39 is 0 Å². The van der Waals surface area contributed by atoms with Gasteiger partial charge in [0.05, 0.1) is 99.1 Å². The van der Waals surface area contributed by atoms with Crippen molar-refractivity contribution in [3.8, 4) is 0 Å². The van der Waals surface area contributed by atoms with Gasteiger partial charge >= 0.3 is 0 Å². The van der Waals surface area contributed by atoms with Crippen molar-refractivity contribution in [2.75, 3.05) is 119 Å². The number of hydrogen-bond acceptors (Lipinski definition) is 9. The van der Waals surface area contributed by atoms with Gasteiger partial charge in [0.1, 0.15) is 0 Å². The van der Waals surface area contributed by atoms with E-state index in [-0.39, 0.29) is 0 Å². The van der Waals surface area contributed by atoms with Gasteiger partial charge in [-0.2, -0.15) is 0 Å². The molecule has 9 heteroatoms. The zero-order chi connectivity index (χ0) is 22.5. The predicted octanol–water partition coefficient (Wildman–Crippen LogP) is 1.53. The molecule has 0 aromatic carbocycles. The fourth-order valence-corrected chi connectivity index (χ4v) is 2.27.